The second kappa shape index (κ2) is 15.1. The molecule has 2 atom stereocenters. The zero-order valence-corrected chi connectivity index (χ0v) is 14.5. The minimum absolute atomic E-state index is 0. The van der Waals surface area contributed by atoms with E-state index in [0.29, 0.717) is 17.6 Å². The Bertz CT molecular complexity index is 572. The Balaban J connectivity index is -0.00000144. The van der Waals surface area contributed by atoms with Gasteiger partial charge < -0.3 is 9.84 Å². The number of phenolic OH excluding ortho intramolecular Hbond substituents is 1. The van der Waals surface area contributed by atoms with Crippen molar-refractivity contribution in [3.63, 3.8) is 0 Å². The lowest BCUT2D eigenvalue weighted by Crippen LogP contribution is -2.00. The van der Waals surface area contributed by atoms with Crippen LogP contribution in [0.3, 0.4) is 0 Å². The van der Waals surface area contributed by atoms with E-state index >= 15 is 0 Å². The molecule has 0 aliphatic rings. The summed E-state index contributed by atoms with van der Waals surface area (Å²) >= 11 is 0. The number of ether oxygens (including phenoxy) is 1. The van der Waals surface area contributed by atoms with E-state index in [1.165, 1.54) is 36.8 Å². The third kappa shape index (κ3) is 8.99. The Labute approximate surface area is 169 Å². The molecule has 156 valence electrons. The number of phenols is 1. The monoisotopic (exact) mass is 376 g/mol. The molecule has 2 nitrogen and oxygen atoms in total. The molecule has 0 radical (unpaired) electrons. The first-order chi connectivity index (χ1) is 11.1. The summed E-state index contributed by atoms with van der Waals surface area (Å²) in [6, 6.07) is 16.1. The fourth-order valence-electron chi connectivity index (χ4n) is 3.12. The topological polar surface area (TPSA) is 29.5 Å². The summed E-state index contributed by atoms with van der Waals surface area (Å²) in [5.74, 6) is 2.41. The van der Waals surface area contributed by atoms with Crippen molar-refractivity contribution in [2.24, 2.45) is 0 Å². The summed E-state index contributed by atoms with van der Waals surface area (Å²) in [6.45, 7) is 4.53. The normalized spacial score (nSPS) is 11.5. The Morgan fingerprint density at radius 1 is 0.815 bits per heavy atom. The van der Waals surface area contributed by atoms with Gasteiger partial charge in [0.25, 0.3) is 0 Å². The van der Waals surface area contributed by atoms with Gasteiger partial charge in [0, 0.05) is 0 Å². The van der Waals surface area contributed by atoms with Gasteiger partial charge in [-0.05, 0) is 66.5 Å². The predicted octanol–water partition coefficient (Wildman–Crippen LogP) is 8.41. The molecule has 2 rings (SSSR count). The maximum absolute atomic E-state index is 9.37. The maximum atomic E-state index is 9.37. The van der Waals surface area contributed by atoms with Crippen LogP contribution in [-0.2, 0) is 0 Å². The van der Waals surface area contributed by atoms with Crippen molar-refractivity contribution in [2.75, 3.05) is 7.11 Å². The number of hydrogen-bond acceptors (Lipinski definition) is 2. The molecule has 0 fully saturated rings. The summed E-state index contributed by atoms with van der Waals surface area (Å²) in [5, 5.41) is 9.37. The number of aromatic hydroxyl groups is 1. The number of methoxy groups -OCH3 is 1. The van der Waals surface area contributed by atoms with Gasteiger partial charge in [0.15, 0.2) is 0 Å². The molecule has 2 heteroatoms. The summed E-state index contributed by atoms with van der Waals surface area (Å²) in [5.41, 5.74) is 2.71. The van der Waals surface area contributed by atoms with Crippen LogP contribution in [0.1, 0.15) is 92.2 Å². The molecule has 0 heterocycles. The fraction of sp³-hybridized carbons (Fsp3) is 0.520. The van der Waals surface area contributed by atoms with Gasteiger partial charge in [-0.15, -0.1) is 0 Å². The van der Waals surface area contributed by atoms with Crippen LogP contribution in [0, 0.1) is 0 Å². The average molecular weight is 377 g/mol. The third-order valence-electron chi connectivity index (χ3n) is 4.73. The highest BCUT2D eigenvalue weighted by Gasteiger charge is 2.11. The van der Waals surface area contributed by atoms with E-state index in [2.05, 4.69) is 38.1 Å². The zero-order chi connectivity index (χ0) is 16.7. The molecule has 27 heavy (non-hydrogen) atoms. The number of benzene rings is 2. The van der Waals surface area contributed by atoms with Crippen molar-refractivity contribution in [2.45, 2.75) is 81.1 Å². The molecule has 0 aromatic heterocycles. The van der Waals surface area contributed by atoms with Crippen LogP contribution in [0.25, 0.3) is 0 Å². The Kier molecular flexibility index (Phi) is 16.7. The fourth-order valence-corrected chi connectivity index (χ4v) is 3.12. The highest BCUT2D eigenvalue weighted by molar-refractivity contribution is 5.29. The molecule has 2 aromatic carbocycles. The van der Waals surface area contributed by atoms with Gasteiger partial charge in [-0.2, -0.15) is 0 Å². The van der Waals surface area contributed by atoms with E-state index < -0.39 is 0 Å². The van der Waals surface area contributed by atoms with E-state index in [1.807, 2.05) is 12.1 Å². The predicted molar refractivity (Wildman–Crippen MR) is 123 cm³/mol. The quantitative estimate of drug-likeness (QED) is 0.501. The van der Waals surface area contributed by atoms with Crippen molar-refractivity contribution in [3.8, 4) is 11.5 Å². The van der Waals surface area contributed by atoms with Crippen molar-refractivity contribution >= 4 is 0 Å². The first-order valence-electron chi connectivity index (χ1n) is 8.57. The smallest absolute Gasteiger partial charge is 0.118 e. The molecule has 2 aromatic rings. The van der Waals surface area contributed by atoms with E-state index in [1.54, 1.807) is 19.2 Å². The van der Waals surface area contributed by atoms with Crippen molar-refractivity contribution in [3.05, 3.63) is 59.7 Å². The molecule has 0 aliphatic heterocycles. The molecular formula is C25H44O2. The lowest BCUT2D eigenvalue weighted by molar-refractivity contribution is 0.414. The van der Waals surface area contributed by atoms with Crippen LogP contribution in [0.5, 0.6) is 11.5 Å². The Morgan fingerprint density at radius 3 is 1.81 bits per heavy atom. The van der Waals surface area contributed by atoms with Gasteiger partial charge in [-0.1, -0.05) is 74.2 Å². The summed E-state index contributed by atoms with van der Waals surface area (Å²) in [6.07, 6.45) is 4.77. The third-order valence-corrected chi connectivity index (χ3v) is 4.73. The standard InChI is InChI=1S/C21H28O2.4CH4/c1-4-17(19-10-14-21(23-3)15-11-19)7-5-6-16(2)18-8-12-20(22)13-9-18;;;;/h8-17,22H,4-7H2,1-3H3;4*1H4. The molecule has 0 aliphatic carbocycles. The van der Waals surface area contributed by atoms with E-state index in [0.717, 1.165) is 5.75 Å². The van der Waals surface area contributed by atoms with Crippen LogP contribution < -0.4 is 4.74 Å². The molecule has 2 unspecified atom stereocenters. The van der Waals surface area contributed by atoms with Gasteiger partial charge in [-0.25, -0.2) is 0 Å². The molecular weight excluding hydrogens is 332 g/mol. The molecule has 0 saturated heterocycles. The van der Waals surface area contributed by atoms with E-state index in [9.17, 15) is 5.11 Å². The lowest BCUT2D eigenvalue weighted by Gasteiger charge is -2.18. The number of hydrogen-bond donors (Lipinski definition) is 1. The van der Waals surface area contributed by atoms with Gasteiger partial charge in [0.2, 0.25) is 0 Å². The lowest BCUT2D eigenvalue weighted by atomic mass is 9.88. The highest BCUT2D eigenvalue weighted by Crippen LogP contribution is 2.30. The SMILES string of the molecule is C.C.C.C.CCC(CCCC(C)c1ccc(O)cc1)c1ccc(OC)cc1. The second-order valence-corrected chi connectivity index (χ2v) is 6.30. The van der Waals surface area contributed by atoms with Gasteiger partial charge in [0.05, 0.1) is 7.11 Å². The molecule has 0 bridgehead atoms. The van der Waals surface area contributed by atoms with Crippen LogP contribution in [-0.4, -0.2) is 12.2 Å². The summed E-state index contributed by atoms with van der Waals surface area (Å²) in [4.78, 5) is 0. The number of rotatable bonds is 8. The van der Waals surface area contributed by atoms with Crippen LogP contribution in [0.2, 0.25) is 0 Å². The van der Waals surface area contributed by atoms with Crippen LogP contribution >= 0.6 is 0 Å². The Morgan fingerprint density at radius 2 is 1.33 bits per heavy atom. The minimum Gasteiger partial charge on any atom is -0.508 e. The Hall–Kier alpha value is -1.96. The molecule has 0 amide bonds. The molecule has 0 saturated carbocycles. The van der Waals surface area contributed by atoms with Gasteiger partial charge >= 0.3 is 0 Å². The van der Waals surface area contributed by atoms with Gasteiger partial charge in [-0.3, -0.25) is 0 Å². The van der Waals surface area contributed by atoms with E-state index in [-0.39, 0.29) is 29.7 Å². The zero-order valence-electron chi connectivity index (χ0n) is 14.5. The highest BCUT2D eigenvalue weighted by atomic mass is 16.5. The van der Waals surface area contributed by atoms with Crippen LogP contribution in [0.15, 0.2) is 48.5 Å². The second-order valence-electron chi connectivity index (χ2n) is 6.30. The summed E-state index contributed by atoms with van der Waals surface area (Å²) in [7, 11) is 1.71. The van der Waals surface area contributed by atoms with Gasteiger partial charge in [0.1, 0.15) is 11.5 Å². The first-order valence-corrected chi connectivity index (χ1v) is 8.57. The average Bonchev–Trinajstić information content (AvgIpc) is 2.59. The first kappa shape index (κ1) is 29.8. The van der Waals surface area contributed by atoms with Crippen molar-refractivity contribution < 1.29 is 9.84 Å². The molecule has 0 spiro atoms. The van der Waals surface area contributed by atoms with Crippen molar-refractivity contribution in [1.82, 2.24) is 0 Å². The summed E-state index contributed by atoms with van der Waals surface area (Å²) < 4.78 is 5.23. The minimum atomic E-state index is 0. The van der Waals surface area contributed by atoms with Crippen molar-refractivity contribution in [1.29, 1.82) is 0 Å². The maximum Gasteiger partial charge on any atom is 0.118 e. The molecule has 1 N–H and O–H groups in total. The van der Waals surface area contributed by atoms with Crippen LogP contribution in [0.4, 0.5) is 0 Å². The largest absolute Gasteiger partial charge is 0.508 e. The van der Waals surface area contributed by atoms with E-state index in [4.69, 9.17) is 4.74 Å².